The molecule has 0 atom stereocenters. The molecule has 1 aromatic heterocycles. The van der Waals surface area contributed by atoms with E-state index < -0.39 is 0 Å². The molecule has 0 radical (unpaired) electrons. The lowest BCUT2D eigenvalue weighted by molar-refractivity contribution is 0.242. The summed E-state index contributed by atoms with van der Waals surface area (Å²) in [6.45, 7) is 8.27. The smallest absolute Gasteiger partial charge is 0.192 e. The van der Waals surface area contributed by atoms with E-state index in [1.165, 1.54) is 43.5 Å². The molecule has 4 nitrogen and oxygen atoms in total. The molecular weight excluding hydrogens is 316 g/mol. The van der Waals surface area contributed by atoms with Crippen LogP contribution in [0.25, 0.3) is 11.4 Å². The Morgan fingerprint density at radius 2 is 1.88 bits per heavy atom. The van der Waals surface area contributed by atoms with Crippen LogP contribution in [-0.4, -0.2) is 45.1 Å². The first-order valence-electron chi connectivity index (χ1n) is 9.04. The normalized spacial score (nSPS) is 19.8. The van der Waals surface area contributed by atoms with E-state index in [4.69, 9.17) is 0 Å². The highest BCUT2D eigenvalue weighted by molar-refractivity contribution is 7.99. The highest BCUT2D eigenvalue weighted by Gasteiger charge is 2.34. The molecule has 0 aliphatic carbocycles. The van der Waals surface area contributed by atoms with Crippen molar-refractivity contribution in [2.45, 2.75) is 50.2 Å². The maximum atomic E-state index is 4.54. The van der Waals surface area contributed by atoms with E-state index in [2.05, 4.69) is 57.8 Å². The van der Waals surface area contributed by atoms with Crippen molar-refractivity contribution in [2.75, 3.05) is 25.4 Å². The maximum Gasteiger partial charge on any atom is 0.192 e. The van der Waals surface area contributed by atoms with Gasteiger partial charge in [-0.3, -0.25) is 4.57 Å². The lowest BCUT2D eigenvalue weighted by atomic mass is 9.87. The first-order chi connectivity index (χ1) is 11.6. The summed E-state index contributed by atoms with van der Waals surface area (Å²) in [5, 5.41) is 10.1. The van der Waals surface area contributed by atoms with Gasteiger partial charge in [0, 0.05) is 23.4 Å². The number of nitrogens with zero attached hydrogens (tertiary/aromatic N) is 4. The van der Waals surface area contributed by atoms with Crippen LogP contribution >= 0.6 is 11.8 Å². The van der Waals surface area contributed by atoms with E-state index in [9.17, 15) is 0 Å². The Morgan fingerprint density at radius 1 is 1.08 bits per heavy atom. The summed E-state index contributed by atoms with van der Waals surface area (Å²) in [6.07, 6.45) is 5.15. The average Bonchev–Trinajstić information content (AvgIpc) is 3.01. The van der Waals surface area contributed by atoms with Crippen LogP contribution in [0.5, 0.6) is 0 Å². The Hall–Kier alpha value is -1.33. The monoisotopic (exact) mass is 342 g/mol. The predicted octanol–water partition coefficient (Wildman–Crippen LogP) is 3.81. The predicted molar refractivity (Wildman–Crippen MR) is 99.5 cm³/mol. The first kappa shape index (κ1) is 16.2. The second-order valence-corrected chi connectivity index (χ2v) is 8.60. The van der Waals surface area contributed by atoms with Gasteiger partial charge in [-0.1, -0.05) is 42.4 Å². The van der Waals surface area contributed by atoms with Crippen molar-refractivity contribution in [3.05, 3.63) is 29.8 Å². The Labute approximate surface area is 148 Å². The van der Waals surface area contributed by atoms with Gasteiger partial charge < -0.3 is 4.90 Å². The number of hydrogen-bond acceptors (Lipinski definition) is 4. The molecule has 0 N–H and O–H groups in total. The number of hydrogen-bond donors (Lipinski definition) is 0. The van der Waals surface area contributed by atoms with Crippen molar-refractivity contribution in [3.8, 4) is 11.4 Å². The lowest BCUT2D eigenvalue weighted by Crippen LogP contribution is -2.34. The van der Waals surface area contributed by atoms with Gasteiger partial charge in [-0.05, 0) is 51.8 Å². The number of aromatic nitrogens is 3. The minimum Gasteiger partial charge on any atom is -0.303 e. The van der Waals surface area contributed by atoms with Crippen molar-refractivity contribution in [2.24, 2.45) is 0 Å². The van der Waals surface area contributed by atoms with E-state index in [-0.39, 0.29) is 5.54 Å². The minimum absolute atomic E-state index is 0.0284. The van der Waals surface area contributed by atoms with E-state index in [1.54, 1.807) is 0 Å². The standard InChI is InChI=1S/C19H26N4S/c1-19(2)14-15-8-4-5-9-16(15)17-20-21-18(23(17)19)24-13-12-22-10-6-3-7-11-22/h4-5,8-9H,3,6-7,10-14H2,1-2H3. The number of thioether (sulfide) groups is 1. The van der Waals surface area contributed by atoms with Gasteiger partial charge in [-0.2, -0.15) is 0 Å². The zero-order valence-corrected chi connectivity index (χ0v) is 15.5. The third-order valence-corrected chi connectivity index (χ3v) is 6.12. The Balaban J connectivity index is 1.53. The van der Waals surface area contributed by atoms with Crippen molar-refractivity contribution in [1.29, 1.82) is 0 Å². The molecule has 4 rings (SSSR count). The zero-order valence-electron chi connectivity index (χ0n) is 14.7. The van der Waals surface area contributed by atoms with Gasteiger partial charge in [0.15, 0.2) is 11.0 Å². The maximum absolute atomic E-state index is 4.54. The quantitative estimate of drug-likeness (QED) is 0.791. The number of likely N-dealkylation sites (tertiary alicyclic amines) is 1. The summed E-state index contributed by atoms with van der Waals surface area (Å²) in [5.74, 6) is 2.12. The van der Waals surface area contributed by atoms with Gasteiger partial charge >= 0.3 is 0 Å². The van der Waals surface area contributed by atoms with Crippen LogP contribution in [0.1, 0.15) is 38.7 Å². The molecule has 1 fully saturated rings. The molecule has 0 bridgehead atoms. The van der Waals surface area contributed by atoms with Crippen LogP contribution in [0.15, 0.2) is 29.4 Å². The third-order valence-electron chi connectivity index (χ3n) is 5.21. The van der Waals surface area contributed by atoms with Crippen LogP contribution in [0, 0.1) is 0 Å². The SMILES string of the molecule is CC1(C)Cc2ccccc2-c2nnc(SCCN3CCCCC3)n21. The molecule has 3 heterocycles. The molecule has 1 saturated heterocycles. The summed E-state index contributed by atoms with van der Waals surface area (Å²) in [7, 11) is 0. The van der Waals surface area contributed by atoms with Crippen molar-refractivity contribution >= 4 is 11.8 Å². The fraction of sp³-hybridized carbons (Fsp3) is 0.579. The summed E-state index contributed by atoms with van der Waals surface area (Å²) < 4.78 is 2.36. The number of fused-ring (bicyclic) bond motifs is 3. The summed E-state index contributed by atoms with van der Waals surface area (Å²) in [5.41, 5.74) is 2.65. The van der Waals surface area contributed by atoms with E-state index in [0.29, 0.717) is 0 Å². The Kier molecular flexibility index (Phi) is 4.39. The molecule has 1 aromatic carbocycles. The average molecular weight is 343 g/mol. The summed E-state index contributed by atoms with van der Waals surface area (Å²) in [6, 6.07) is 8.61. The highest BCUT2D eigenvalue weighted by atomic mass is 32.2. The number of rotatable bonds is 4. The van der Waals surface area contributed by atoms with Crippen LogP contribution in [-0.2, 0) is 12.0 Å². The fourth-order valence-corrected chi connectivity index (χ4v) is 5.06. The van der Waals surface area contributed by atoms with Gasteiger partial charge in [-0.15, -0.1) is 10.2 Å². The molecule has 24 heavy (non-hydrogen) atoms. The van der Waals surface area contributed by atoms with Gasteiger partial charge in [0.25, 0.3) is 0 Å². The molecule has 0 amide bonds. The topological polar surface area (TPSA) is 34.0 Å². The second-order valence-electron chi connectivity index (χ2n) is 7.54. The molecule has 2 aromatic rings. The largest absolute Gasteiger partial charge is 0.303 e. The second kappa shape index (κ2) is 6.52. The Bertz CT molecular complexity index is 716. The van der Waals surface area contributed by atoms with Gasteiger partial charge in [-0.25, -0.2) is 0 Å². The molecular formula is C19H26N4S. The lowest BCUT2D eigenvalue weighted by Gasteiger charge is -2.34. The van der Waals surface area contributed by atoms with Gasteiger partial charge in [0.2, 0.25) is 0 Å². The van der Waals surface area contributed by atoms with Crippen LogP contribution < -0.4 is 0 Å². The third kappa shape index (κ3) is 3.00. The van der Waals surface area contributed by atoms with E-state index >= 15 is 0 Å². The Morgan fingerprint density at radius 3 is 2.71 bits per heavy atom. The first-order valence-corrected chi connectivity index (χ1v) is 10.0. The van der Waals surface area contributed by atoms with Crippen molar-refractivity contribution in [3.63, 3.8) is 0 Å². The van der Waals surface area contributed by atoms with Crippen LogP contribution in [0.2, 0.25) is 0 Å². The fourth-order valence-electron chi connectivity index (χ4n) is 3.97. The summed E-state index contributed by atoms with van der Waals surface area (Å²) >= 11 is 1.86. The van der Waals surface area contributed by atoms with E-state index in [1.807, 2.05) is 11.8 Å². The molecule has 0 unspecified atom stereocenters. The molecule has 2 aliphatic rings. The molecule has 0 saturated carbocycles. The number of benzene rings is 1. The molecule has 128 valence electrons. The van der Waals surface area contributed by atoms with Crippen molar-refractivity contribution < 1.29 is 0 Å². The van der Waals surface area contributed by atoms with E-state index in [0.717, 1.165) is 29.7 Å². The highest BCUT2D eigenvalue weighted by Crippen LogP contribution is 2.39. The molecule has 5 heteroatoms. The van der Waals surface area contributed by atoms with Crippen molar-refractivity contribution in [1.82, 2.24) is 19.7 Å². The van der Waals surface area contributed by atoms with Gasteiger partial charge in [0.05, 0.1) is 0 Å². The molecule has 0 spiro atoms. The van der Waals surface area contributed by atoms with Crippen LogP contribution in [0.3, 0.4) is 0 Å². The minimum atomic E-state index is 0.0284. The molecule has 2 aliphatic heterocycles. The van der Waals surface area contributed by atoms with Gasteiger partial charge in [0.1, 0.15) is 0 Å². The van der Waals surface area contributed by atoms with Crippen LogP contribution in [0.4, 0.5) is 0 Å². The summed E-state index contributed by atoms with van der Waals surface area (Å²) in [4.78, 5) is 2.59. The zero-order chi connectivity index (χ0) is 16.6. The number of piperidine rings is 1.